The predicted molar refractivity (Wildman–Crippen MR) is 125 cm³/mol. The van der Waals surface area contributed by atoms with E-state index in [2.05, 4.69) is 43.7 Å². The molecule has 150 valence electrons. The molecule has 0 unspecified atom stereocenters. The monoisotopic (exact) mass is 483 g/mol. The van der Waals surface area contributed by atoms with E-state index in [1.54, 1.807) is 5.57 Å². The first-order chi connectivity index (χ1) is 12.8. The summed E-state index contributed by atoms with van der Waals surface area (Å²) >= 11 is 0. The Kier molecular flexibility index (Phi) is 9.94. The lowest BCUT2D eigenvalue weighted by Crippen LogP contribution is -2.37. The minimum absolute atomic E-state index is 0. The molecule has 1 aliphatic heterocycles. The number of nitrogens with zero attached hydrogens (tertiary/aromatic N) is 3. The number of allylic oxidation sites excluding steroid dienone is 1. The highest BCUT2D eigenvalue weighted by molar-refractivity contribution is 14.0. The van der Waals surface area contributed by atoms with Gasteiger partial charge in [-0.25, -0.2) is 4.98 Å². The van der Waals surface area contributed by atoms with Crippen LogP contribution in [0.25, 0.3) is 0 Å². The molecular weight excluding hydrogens is 449 g/mol. The second kappa shape index (κ2) is 12.2. The van der Waals surface area contributed by atoms with E-state index in [4.69, 9.17) is 0 Å². The second-order valence-corrected chi connectivity index (χ2v) is 7.28. The molecule has 1 aromatic rings. The van der Waals surface area contributed by atoms with E-state index in [-0.39, 0.29) is 24.0 Å². The van der Waals surface area contributed by atoms with E-state index in [9.17, 15) is 0 Å². The van der Waals surface area contributed by atoms with Crippen LogP contribution >= 0.6 is 24.0 Å². The summed E-state index contributed by atoms with van der Waals surface area (Å²) in [4.78, 5) is 11.3. The number of hydrogen-bond donors (Lipinski definition) is 2. The maximum absolute atomic E-state index is 4.56. The maximum atomic E-state index is 4.56. The molecule has 2 N–H and O–H groups in total. The SMILES string of the molecule is CN=C(NCCC1=CCCCC1)NCc1ccnc(N2CCCCC2)c1.I. The van der Waals surface area contributed by atoms with Gasteiger partial charge in [0.1, 0.15) is 5.82 Å². The Hall–Kier alpha value is -1.31. The molecular formula is C21H34IN5. The van der Waals surface area contributed by atoms with Gasteiger partial charge in [0, 0.05) is 39.4 Å². The lowest BCUT2D eigenvalue weighted by Gasteiger charge is -2.28. The van der Waals surface area contributed by atoms with Gasteiger partial charge in [0.2, 0.25) is 0 Å². The van der Waals surface area contributed by atoms with Gasteiger partial charge in [-0.05, 0) is 69.1 Å². The van der Waals surface area contributed by atoms with Crippen LogP contribution in [-0.2, 0) is 6.54 Å². The topological polar surface area (TPSA) is 52.6 Å². The molecule has 0 radical (unpaired) electrons. The highest BCUT2D eigenvalue weighted by Crippen LogP contribution is 2.19. The average molecular weight is 483 g/mol. The Balaban J connectivity index is 0.00000261. The number of aromatic nitrogens is 1. The van der Waals surface area contributed by atoms with E-state index in [1.807, 2.05) is 13.2 Å². The minimum atomic E-state index is 0. The van der Waals surface area contributed by atoms with Crippen molar-refractivity contribution in [3.05, 3.63) is 35.5 Å². The standard InChI is InChI=1S/C21H33N5.HI/c1-22-21(24-13-10-18-8-4-2-5-9-18)25-17-19-11-12-23-20(16-19)26-14-6-3-7-15-26;/h8,11-12,16H,2-7,9-10,13-15,17H2,1H3,(H2,22,24,25);1H. The molecule has 0 amide bonds. The summed E-state index contributed by atoms with van der Waals surface area (Å²) in [7, 11) is 1.83. The van der Waals surface area contributed by atoms with E-state index >= 15 is 0 Å². The van der Waals surface area contributed by atoms with Gasteiger partial charge in [0.15, 0.2) is 5.96 Å². The van der Waals surface area contributed by atoms with Crippen molar-refractivity contribution < 1.29 is 0 Å². The number of pyridine rings is 1. The van der Waals surface area contributed by atoms with E-state index in [1.165, 1.54) is 50.5 Å². The fourth-order valence-corrected chi connectivity index (χ4v) is 3.75. The van der Waals surface area contributed by atoms with Gasteiger partial charge in [0.25, 0.3) is 0 Å². The third kappa shape index (κ3) is 7.31. The Morgan fingerprint density at radius 3 is 2.74 bits per heavy atom. The van der Waals surface area contributed by atoms with Gasteiger partial charge in [-0.1, -0.05) is 11.6 Å². The molecule has 2 aliphatic rings. The largest absolute Gasteiger partial charge is 0.357 e. The Morgan fingerprint density at radius 2 is 2.00 bits per heavy atom. The molecule has 6 heteroatoms. The highest BCUT2D eigenvalue weighted by Gasteiger charge is 2.12. The van der Waals surface area contributed by atoms with Crippen LogP contribution < -0.4 is 15.5 Å². The molecule has 1 aliphatic carbocycles. The third-order valence-corrected chi connectivity index (χ3v) is 5.30. The molecule has 5 nitrogen and oxygen atoms in total. The molecule has 27 heavy (non-hydrogen) atoms. The van der Waals surface area contributed by atoms with Gasteiger partial charge >= 0.3 is 0 Å². The summed E-state index contributed by atoms with van der Waals surface area (Å²) in [5.41, 5.74) is 2.85. The molecule has 0 saturated carbocycles. The number of anilines is 1. The maximum Gasteiger partial charge on any atom is 0.191 e. The molecule has 0 bridgehead atoms. The van der Waals surface area contributed by atoms with Crippen LogP contribution in [0.15, 0.2) is 35.0 Å². The Morgan fingerprint density at radius 1 is 1.15 bits per heavy atom. The fraction of sp³-hybridized carbons (Fsp3) is 0.619. The van der Waals surface area contributed by atoms with Crippen LogP contribution in [0.4, 0.5) is 5.82 Å². The number of nitrogens with one attached hydrogen (secondary N) is 2. The van der Waals surface area contributed by atoms with Crippen molar-refractivity contribution in [1.82, 2.24) is 15.6 Å². The molecule has 1 fully saturated rings. The third-order valence-electron chi connectivity index (χ3n) is 5.30. The predicted octanol–water partition coefficient (Wildman–Crippen LogP) is 4.25. The van der Waals surface area contributed by atoms with Crippen molar-refractivity contribution in [2.75, 3.05) is 31.6 Å². The number of hydrogen-bond acceptors (Lipinski definition) is 3. The number of halogens is 1. The van der Waals surface area contributed by atoms with Crippen LogP contribution in [0.2, 0.25) is 0 Å². The van der Waals surface area contributed by atoms with E-state index < -0.39 is 0 Å². The first-order valence-corrected chi connectivity index (χ1v) is 10.2. The molecule has 0 spiro atoms. The van der Waals surface area contributed by atoms with Crippen molar-refractivity contribution in [1.29, 1.82) is 0 Å². The van der Waals surface area contributed by atoms with Gasteiger partial charge in [-0.15, -0.1) is 24.0 Å². The van der Waals surface area contributed by atoms with Crippen molar-refractivity contribution >= 4 is 35.8 Å². The lowest BCUT2D eigenvalue weighted by molar-refractivity contribution is 0.573. The minimum Gasteiger partial charge on any atom is -0.357 e. The summed E-state index contributed by atoms with van der Waals surface area (Å²) in [5.74, 6) is 1.98. The molecule has 2 heterocycles. The van der Waals surface area contributed by atoms with Crippen molar-refractivity contribution in [2.24, 2.45) is 4.99 Å². The van der Waals surface area contributed by atoms with Crippen molar-refractivity contribution in [3.8, 4) is 0 Å². The van der Waals surface area contributed by atoms with Crippen LogP contribution in [0.5, 0.6) is 0 Å². The quantitative estimate of drug-likeness (QED) is 0.275. The highest BCUT2D eigenvalue weighted by atomic mass is 127. The lowest BCUT2D eigenvalue weighted by atomic mass is 9.97. The second-order valence-electron chi connectivity index (χ2n) is 7.28. The number of aliphatic imine (C=N–C) groups is 1. The van der Waals surface area contributed by atoms with Gasteiger partial charge in [0.05, 0.1) is 0 Å². The van der Waals surface area contributed by atoms with Crippen LogP contribution in [0.1, 0.15) is 56.9 Å². The smallest absolute Gasteiger partial charge is 0.191 e. The molecule has 1 saturated heterocycles. The zero-order valence-corrected chi connectivity index (χ0v) is 18.9. The van der Waals surface area contributed by atoms with Crippen molar-refractivity contribution in [2.45, 2.75) is 57.9 Å². The zero-order chi connectivity index (χ0) is 18.0. The number of piperidine rings is 1. The van der Waals surface area contributed by atoms with Crippen molar-refractivity contribution in [3.63, 3.8) is 0 Å². The Bertz CT molecular complexity index is 623. The first-order valence-electron chi connectivity index (χ1n) is 10.2. The molecule has 1 aromatic heterocycles. The normalized spacial score (nSPS) is 17.7. The number of guanidine groups is 1. The summed E-state index contributed by atoms with van der Waals surface area (Å²) in [6.45, 7) is 3.97. The number of rotatable bonds is 6. The van der Waals surface area contributed by atoms with Crippen LogP contribution in [-0.4, -0.2) is 37.6 Å². The molecule has 0 atom stereocenters. The zero-order valence-electron chi connectivity index (χ0n) is 16.5. The Labute approximate surface area is 181 Å². The first kappa shape index (κ1) is 22.0. The summed E-state index contributed by atoms with van der Waals surface area (Å²) < 4.78 is 0. The van der Waals surface area contributed by atoms with Crippen LogP contribution in [0, 0.1) is 0 Å². The average Bonchev–Trinajstić information content (AvgIpc) is 2.72. The fourth-order valence-electron chi connectivity index (χ4n) is 3.75. The van der Waals surface area contributed by atoms with Gasteiger partial charge < -0.3 is 15.5 Å². The van der Waals surface area contributed by atoms with E-state index in [0.717, 1.165) is 44.4 Å². The van der Waals surface area contributed by atoms with E-state index in [0.29, 0.717) is 0 Å². The van der Waals surface area contributed by atoms with Gasteiger partial charge in [-0.2, -0.15) is 0 Å². The van der Waals surface area contributed by atoms with Crippen LogP contribution in [0.3, 0.4) is 0 Å². The molecule has 0 aromatic carbocycles. The summed E-state index contributed by atoms with van der Waals surface area (Å²) in [6.07, 6.45) is 14.6. The molecule has 3 rings (SSSR count). The van der Waals surface area contributed by atoms with Gasteiger partial charge in [-0.3, -0.25) is 4.99 Å². The summed E-state index contributed by atoms with van der Waals surface area (Å²) in [5, 5.41) is 6.86. The summed E-state index contributed by atoms with van der Waals surface area (Å²) in [6, 6.07) is 4.29.